The lowest BCUT2D eigenvalue weighted by molar-refractivity contribution is -0.394. The van der Waals surface area contributed by atoms with E-state index in [1.165, 1.54) is 12.1 Å². The lowest BCUT2D eigenvalue weighted by Crippen LogP contribution is -2.38. The Bertz CT molecular complexity index is 1480. The second kappa shape index (κ2) is 10.3. The zero-order valence-corrected chi connectivity index (χ0v) is 19.7. The van der Waals surface area contributed by atoms with Crippen molar-refractivity contribution in [2.24, 2.45) is 0 Å². The molecule has 0 saturated carbocycles. The Kier molecular flexibility index (Phi) is 6.75. The van der Waals surface area contributed by atoms with Gasteiger partial charge in [0.1, 0.15) is 12.3 Å². The van der Waals surface area contributed by atoms with Gasteiger partial charge < -0.3 is 14.0 Å². The molecule has 5 rings (SSSR count). The van der Waals surface area contributed by atoms with Crippen molar-refractivity contribution in [1.29, 1.82) is 0 Å². The van der Waals surface area contributed by atoms with Crippen LogP contribution >= 0.6 is 0 Å². The van der Waals surface area contributed by atoms with Crippen LogP contribution in [0.5, 0.6) is 0 Å². The number of nitro groups is 2. The smallest absolute Gasteiger partial charge is 0.356 e. The molecule has 37 heavy (non-hydrogen) atoms. The first-order valence-electron chi connectivity index (χ1n) is 11.7. The van der Waals surface area contributed by atoms with Crippen LogP contribution in [0, 0.1) is 20.2 Å². The number of esters is 1. The molecule has 1 aliphatic heterocycles. The van der Waals surface area contributed by atoms with Crippen molar-refractivity contribution >= 4 is 39.1 Å². The van der Waals surface area contributed by atoms with Gasteiger partial charge in [-0.2, -0.15) is 0 Å². The molecule has 3 heterocycles. The number of nitro benzene ring substituents is 2. The van der Waals surface area contributed by atoms with E-state index in [-0.39, 0.29) is 30.2 Å². The summed E-state index contributed by atoms with van der Waals surface area (Å²) in [4.78, 5) is 40.6. The monoisotopic (exact) mass is 505 g/mol. The fourth-order valence-corrected chi connectivity index (χ4v) is 4.53. The summed E-state index contributed by atoms with van der Waals surface area (Å²) < 4.78 is 12.6. The number of hydrogen-bond acceptors (Lipinski definition) is 9. The molecule has 1 aliphatic rings. The number of ether oxygens (including phenoxy) is 2. The maximum Gasteiger partial charge on any atom is 0.356 e. The topological polar surface area (TPSA) is 143 Å². The minimum atomic E-state index is -0.652. The zero-order valence-electron chi connectivity index (χ0n) is 19.7. The summed E-state index contributed by atoms with van der Waals surface area (Å²) in [5.41, 5.74) is 1.33. The molecule has 0 atom stereocenters. The second-order valence-electron chi connectivity index (χ2n) is 8.65. The first-order valence-corrected chi connectivity index (χ1v) is 11.7. The van der Waals surface area contributed by atoms with Gasteiger partial charge in [0, 0.05) is 54.6 Å². The van der Waals surface area contributed by atoms with Gasteiger partial charge in [-0.25, -0.2) is 9.78 Å². The van der Waals surface area contributed by atoms with E-state index in [9.17, 15) is 25.0 Å². The number of rotatable bonds is 8. The predicted octanol–water partition coefficient (Wildman–Crippen LogP) is 3.54. The summed E-state index contributed by atoms with van der Waals surface area (Å²) in [5, 5.41) is 24.3. The number of aromatic nitrogens is 2. The third-order valence-corrected chi connectivity index (χ3v) is 6.34. The predicted molar refractivity (Wildman–Crippen MR) is 134 cm³/mol. The number of benzene rings is 2. The third kappa shape index (κ3) is 5.10. The average molecular weight is 505 g/mol. The van der Waals surface area contributed by atoms with Crippen LogP contribution in [0.4, 0.5) is 11.4 Å². The molecule has 0 aliphatic carbocycles. The highest BCUT2D eigenvalue weighted by Crippen LogP contribution is 2.31. The Morgan fingerprint density at radius 1 is 0.973 bits per heavy atom. The SMILES string of the molecule is O=C(OCCN1CCOCC1)c1cc2c3ccccc3n(Cc3cc([N+](=O)[O-])cc([N+](=O)[O-])c3)c2cn1. The number of para-hydroxylation sites is 1. The summed E-state index contributed by atoms with van der Waals surface area (Å²) in [6.07, 6.45) is 1.56. The molecule has 0 bridgehead atoms. The first-order chi connectivity index (χ1) is 17.9. The summed E-state index contributed by atoms with van der Waals surface area (Å²) in [5.74, 6) is -0.527. The summed E-state index contributed by atoms with van der Waals surface area (Å²) in [6, 6.07) is 12.7. The van der Waals surface area contributed by atoms with Gasteiger partial charge in [0.05, 0.1) is 40.8 Å². The molecule has 1 fully saturated rings. The molecule has 0 amide bonds. The summed E-state index contributed by atoms with van der Waals surface area (Å²) >= 11 is 0. The first kappa shape index (κ1) is 24.3. The highest BCUT2D eigenvalue weighted by Gasteiger charge is 2.20. The Labute approximate surface area is 210 Å². The fraction of sp³-hybridized carbons (Fsp3) is 0.280. The Morgan fingerprint density at radius 3 is 2.38 bits per heavy atom. The lowest BCUT2D eigenvalue weighted by Gasteiger charge is -2.26. The van der Waals surface area contributed by atoms with Crippen LogP contribution in [0.1, 0.15) is 16.1 Å². The van der Waals surface area contributed by atoms with Crippen molar-refractivity contribution in [3.8, 4) is 0 Å². The Balaban J connectivity index is 1.45. The number of non-ortho nitro benzene ring substituents is 2. The molecule has 0 spiro atoms. The minimum absolute atomic E-state index is 0.136. The molecule has 0 radical (unpaired) electrons. The van der Waals surface area contributed by atoms with E-state index < -0.39 is 15.8 Å². The highest BCUT2D eigenvalue weighted by molar-refractivity contribution is 6.09. The van der Waals surface area contributed by atoms with Crippen molar-refractivity contribution in [1.82, 2.24) is 14.5 Å². The zero-order chi connectivity index (χ0) is 25.9. The Morgan fingerprint density at radius 2 is 1.68 bits per heavy atom. The van der Waals surface area contributed by atoms with Crippen LogP contribution in [-0.2, 0) is 16.0 Å². The van der Waals surface area contributed by atoms with E-state index >= 15 is 0 Å². The maximum absolute atomic E-state index is 12.7. The van der Waals surface area contributed by atoms with Crippen molar-refractivity contribution in [3.05, 3.63) is 86.2 Å². The molecule has 4 aromatic rings. The van der Waals surface area contributed by atoms with E-state index in [2.05, 4.69) is 9.88 Å². The minimum Gasteiger partial charge on any atom is -0.460 e. The van der Waals surface area contributed by atoms with Gasteiger partial charge in [-0.05, 0) is 17.7 Å². The number of hydrogen-bond donors (Lipinski definition) is 0. The normalized spacial score (nSPS) is 14.2. The molecular weight excluding hydrogens is 482 g/mol. The van der Waals surface area contributed by atoms with E-state index in [1.54, 1.807) is 12.3 Å². The van der Waals surface area contributed by atoms with E-state index in [0.717, 1.165) is 35.4 Å². The summed E-state index contributed by atoms with van der Waals surface area (Å²) in [6.45, 7) is 3.93. The standard InChI is InChI=1S/C25H23N5O7/c31-25(37-10-7-27-5-8-36-9-6-27)22-14-21-20-3-1-2-4-23(20)28(24(21)15-26-22)16-17-11-18(29(32)33)13-19(12-17)30(34)35/h1-4,11-15H,5-10,16H2. The molecule has 2 aromatic heterocycles. The van der Waals surface area contributed by atoms with E-state index in [1.807, 2.05) is 28.8 Å². The number of morpholine rings is 1. The highest BCUT2D eigenvalue weighted by atomic mass is 16.6. The summed E-state index contributed by atoms with van der Waals surface area (Å²) in [7, 11) is 0. The number of carbonyl (C=O) groups excluding carboxylic acids is 1. The van der Waals surface area contributed by atoms with Crippen LogP contribution in [0.3, 0.4) is 0 Å². The molecular formula is C25H23N5O7. The number of nitrogens with zero attached hydrogens (tertiary/aromatic N) is 5. The number of pyridine rings is 1. The molecule has 1 saturated heterocycles. The van der Waals surface area contributed by atoms with Crippen LogP contribution in [-0.4, -0.2) is 69.7 Å². The van der Waals surface area contributed by atoms with Gasteiger partial charge in [0.15, 0.2) is 0 Å². The van der Waals surface area contributed by atoms with Gasteiger partial charge in [0.2, 0.25) is 0 Å². The van der Waals surface area contributed by atoms with E-state index in [4.69, 9.17) is 9.47 Å². The van der Waals surface area contributed by atoms with Crippen molar-refractivity contribution in [2.75, 3.05) is 39.5 Å². The quantitative estimate of drug-likeness (QED) is 0.199. The van der Waals surface area contributed by atoms with Gasteiger partial charge in [0.25, 0.3) is 11.4 Å². The van der Waals surface area contributed by atoms with Crippen LogP contribution in [0.25, 0.3) is 21.8 Å². The maximum atomic E-state index is 12.7. The van der Waals surface area contributed by atoms with Crippen molar-refractivity contribution < 1.29 is 24.1 Å². The third-order valence-electron chi connectivity index (χ3n) is 6.34. The van der Waals surface area contributed by atoms with Crippen LogP contribution in [0.2, 0.25) is 0 Å². The van der Waals surface area contributed by atoms with E-state index in [0.29, 0.717) is 30.8 Å². The lowest BCUT2D eigenvalue weighted by atomic mass is 10.1. The largest absolute Gasteiger partial charge is 0.460 e. The van der Waals surface area contributed by atoms with Gasteiger partial charge in [-0.3, -0.25) is 25.1 Å². The molecule has 0 N–H and O–H groups in total. The second-order valence-corrected chi connectivity index (χ2v) is 8.65. The molecule has 190 valence electrons. The molecule has 12 heteroatoms. The van der Waals surface area contributed by atoms with Gasteiger partial charge in [-0.15, -0.1) is 0 Å². The van der Waals surface area contributed by atoms with Crippen LogP contribution in [0.15, 0.2) is 54.7 Å². The van der Waals surface area contributed by atoms with Crippen molar-refractivity contribution in [2.45, 2.75) is 6.54 Å². The van der Waals surface area contributed by atoms with Crippen molar-refractivity contribution in [3.63, 3.8) is 0 Å². The number of fused-ring (bicyclic) bond motifs is 3. The van der Waals surface area contributed by atoms with Gasteiger partial charge in [-0.1, -0.05) is 18.2 Å². The van der Waals surface area contributed by atoms with Crippen LogP contribution < -0.4 is 0 Å². The fourth-order valence-electron chi connectivity index (χ4n) is 4.53. The van der Waals surface area contributed by atoms with Gasteiger partial charge >= 0.3 is 5.97 Å². The Hall–Kier alpha value is -4.42. The molecule has 0 unspecified atom stereocenters. The average Bonchev–Trinajstić information content (AvgIpc) is 3.22. The molecule has 2 aromatic carbocycles. The number of carbonyl (C=O) groups is 1. The molecule has 12 nitrogen and oxygen atoms in total.